The molecule has 46 nitrogen and oxygen atoms in total. The summed E-state index contributed by atoms with van der Waals surface area (Å²) in [6.45, 7) is 5.08. The van der Waals surface area contributed by atoms with Gasteiger partial charge in [0.15, 0.2) is 23.3 Å². The van der Waals surface area contributed by atoms with E-state index < -0.39 is 70.9 Å². The van der Waals surface area contributed by atoms with Gasteiger partial charge in [-0.15, -0.1) is 23.2 Å². The summed E-state index contributed by atoms with van der Waals surface area (Å²) in [6, 6.07) is 17.1. The molecule has 0 atom stereocenters. The highest BCUT2D eigenvalue weighted by Crippen LogP contribution is 2.25. The first-order valence-corrected chi connectivity index (χ1v) is 44.6. The summed E-state index contributed by atoms with van der Waals surface area (Å²) in [6.07, 6.45) is 18.2. The third kappa shape index (κ3) is 28.4. The van der Waals surface area contributed by atoms with E-state index >= 15 is 0 Å². The van der Waals surface area contributed by atoms with Crippen LogP contribution in [0.15, 0.2) is 123 Å². The lowest BCUT2D eigenvalue weighted by Crippen LogP contribution is -2.31. The molecule has 15 N–H and O–H groups in total. The van der Waals surface area contributed by atoms with Gasteiger partial charge in [0.05, 0.1) is 34.1 Å². The van der Waals surface area contributed by atoms with Crippen molar-refractivity contribution < 1.29 is 71.9 Å². The van der Waals surface area contributed by atoms with Gasteiger partial charge >= 0.3 is 0 Å². The first-order chi connectivity index (χ1) is 65.3. The van der Waals surface area contributed by atoms with Crippen LogP contribution in [-0.2, 0) is 101 Å². The number of hydrogen-bond acceptors (Lipinski definition) is 21. The van der Waals surface area contributed by atoms with Crippen LogP contribution in [-0.4, -0.2) is 237 Å². The predicted octanol–water partition coefficient (Wildman–Crippen LogP) is 5.65. The molecule has 0 aliphatic carbocycles. The molecule has 10 aromatic heterocycles. The van der Waals surface area contributed by atoms with E-state index in [1.807, 2.05) is 7.05 Å². The molecule has 137 heavy (non-hydrogen) atoms. The van der Waals surface area contributed by atoms with E-state index in [2.05, 4.69) is 134 Å². The number of nitrogens with zero attached hydrogens (tertiary/aromatic N) is 16. The highest BCUT2D eigenvalue weighted by molar-refractivity contribution is 6.19. The number of benzene rings is 1. The Morgan fingerprint density at radius 3 is 0.891 bits per heavy atom. The average molecular weight is 1930 g/mol. The number of imidazole rings is 4. The quantitative estimate of drug-likeness (QED) is 0.0162. The molecule has 0 saturated heterocycles. The molecule has 726 valence electrons. The average Bonchev–Trinajstić information content (AvgIpc) is 1.68. The SMILES string of the molecule is CC(=O)Nc1cn(C)c(C(=O)Nc2cc(C(=O)Nc3cc(C(=O)NCCC(=O)Nc4cn(C)c(C(=O)Nc5cc(C(=O)NCCCC(=O)Nc6cn(C)c(C(=O)Nc7cc(C(=O)NCCC(=O)Nc8cn(C)c(C(=O)Nc9cc(C(=O)Nc%10cc(C(=O)NCCCN(C)CCCNC(=O)CCCc%11ccc(N(CCCl)CCCl)cc%11)n(C)c%10)n(C)c9)n8)n(C)c7)n6)n(C)c5)n4)n(C)c3)n(C)c2)n1. The van der Waals surface area contributed by atoms with E-state index in [4.69, 9.17) is 23.2 Å². The minimum absolute atomic E-state index is 0.0158. The van der Waals surface area contributed by atoms with Gasteiger partial charge < -0.3 is 135 Å². The lowest BCUT2D eigenvalue weighted by atomic mass is 10.1. The minimum Gasteiger partial charge on any atom is -0.369 e. The Kier molecular flexibility index (Phi) is 35.0. The van der Waals surface area contributed by atoms with Crippen molar-refractivity contribution in [2.75, 3.05) is 136 Å². The van der Waals surface area contributed by atoms with Gasteiger partial charge in [0, 0.05) is 228 Å². The molecule has 15 amide bonds. The van der Waals surface area contributed by atoms with Gasteiger partial charge in [0.25, 0.3) is 59.1 Å². The fourth-order valence-electron chi connectivity index (χ4n) is 14.7. The summed E-state index contributed by atoms with van der Waals surface area (Å²) in [5.41, 5.74) is 5.09. The van der Waals surface area contributed by atoms with Crippen LogP contribution in [0.5, 0.6) is 0 Å². The highest BCUT2D eigenvalue weighted by Gasteiger charge is 2.27. The van der Waals surface area contributed by atoms with Gasteiger partial charge in [-0.3, -0.25) is 71.9 Å². The monoisotopic (exact) mass is 1920 g/mol. The fourth-order valence-corrected chi connectivity index (χ4v) is 15.1. The number of alkyl halides is 2. The van der Waals surface area contributed by atoms with E-state index in [9.17, 15) is 71.9 Å². The molecule has 0 unspecified atom stereocenters. The van der Waals surface area contributed by atoms with Crippen LogP contribution in [0.2, 0.25) is 0 Å². The third-order valence-corrected chi connectivity index (χ3v) is 21.8. The van der Waals surface area contributed by atoms with Gasteiger partial charge in [0.1, 0.15) is 34.2 Å². The van der Waals surface area contributed by atoms with Crippen molar-refractivity contribution in [3.63, 3.8) is 0 Å². The van der Waals surface area contributed by atoms with Crippen LogP contribution in [0.25, 0.3) is 0 Å². The molecule has 0 aliphatic rings. The summed E-state index contributed by atoms with van der Waals surface area (Å²) in [5.74, 6) is -6.27. The molecule has 0 spiro atoms. The minimum atomic E-state index is -0.669. The smallest absolute Gasteiger partial charge is 0.291 e. The summed E-state index contributed by atoms with van der Waals surface area (Å²) in [7, 11) is 17.9. The van der Waals surface area contributed by atoms with Crippen molar-refractivity contribution >= 4 is 175 Å². The topological polar surface area (TPSA) is 544 Å². The number of carbonyl (C=O) groups is 15. The zero-order chi connectivity index (χ0) is 99.0. The molecule has 0 aliphatic heterocycles. The van der Waals surface area contributed by atoms with Gasteiger partial charge in [-0.2, -0.15) is 0 Å². The van der Waals surface area contributed by atoms with Crippen LogP contribution < -0.4 is 84.7 Å². The molecular weight excluding hydrogens is 1810 g/mol. The van der Waals surface area contributed by atoms with Crippen LogP contribution in [0.4, 0.5) is 63.1 Å². The van der Waals surface area contributed by atoms with E-state index in [0.717, 1.165) is 56.7 Å². The second-order valence-electron chi connectivity index (χ2n) is 32.5. The second kappa shape index (κ2) is 47.2. The Morgan fingerprint density at radius 1 is 0.292 bits per heavy atom. The maximum atomic E-state index is 13.6. The van der Waals surface area contributed by atoms with Crippen molar-refractivity contribution in [2.45, 2.75) is 64.7 Å². The zero-order valence-corrected chi connectivity index (χ0v) is 79.2. The predicted molar refractivity (Wildman–Crippen MR) is 514 cm³/mol. The third-order valence-electron chi connectivity index (χ3n) is 21.5. The number of aromatic nitrogens is 14. The van der Waals surface area contributed by atoms with Crippen LogP contribution in [0, 0.1) is 0 Å². The Hall–Kier alpha value is -15.9. The maximum Gasteiger partial charge on any atom is 0.291 e. The van der Waals surface area contributed by atoms with Gasteiger partial charge in [0.2, 0.25) is 52.8 Å². The summed E-state index contributed by atoms with van der Waals surface area (Å²) in [5, 5.41) is 40.8. The highest BCUT2D eigenvalue weighted by atomic mass is 35.5. The number of aryl methyl sites for hydroxylation is 11. The fraction of sp³-hybridized carbons (Fsp3) is 0.360. The standard InChI is InChI=1S/C89H111Cl2N31O15/c1-53(123)97-68-49-118(9)76(107-68)86(134)102-59-41-66(116(7)47-59)85(133)99-56-38-64(113(4)44-56)82(130)95-31-24-74(126)105-70-51-120(11)78(109-70)88(136)100-57-39-63(114(5)45-57)80(128)93-28-14-19-73(125)104-69-50-119(10)77(108-69)87(135)101-58-40-65(115(6)46-58)83(131)96-32-25-75(127)106-71-52-121(12)79(110-71)89(137)103-60-42-67(117(8)48-60)84(132)98-55-37-62(112(3)43-55)81(129)94-30-16-34-111(2)33-15-29-92-72(124)18-13-17-54-20-22-61(23-21-54)122(35-26-90)36-27-91/h20-23,37-52H,13-19,24-36H2,1-12H3,(H,92,124)(H,93,128)(H,94,129)(H,95,130)(H,96,131)(H,97,123)(H,98,132)(H,99,133)(H,100,136)(H,101,135)(H,102,134)(H,103,137)(H,104,125)(H,105,126)(H,106,127). The number of amides is 15. The van der Waals surface area contributed by atoms with Gasteiger partial charge in [-0.25, -0.2) is 19.9 Å². The first-order valence-electron chi connectivity index (χ1n) is 43.6. The zero-order valence-electron chi connectivity index (χ0n) is 77.7. The molecule has 1 aromatic carbocycles. The van der Waals surface area contributed by atoms with E-state index in [-0.39, 0.29) is 161 Å². The molecule has 0 saturated carbocycles. The number of carbonyl (C=O) groups excluding carboxylic acids is 15. The molecule has 0 fully saturated rings. The first kappa shape index (κ1) is 102. The molecule has 0 bridgehead atoms. The molecular formula is C89H111Cl2N31O15. The van der Waals surface area contributed by atoms with Crippen molar-refractivity contribution in [3.8, 4) is 0 Å². The lowest BCUT2D eigenvalue weighted by Gasteiger charge is -2.23. The van der Waals surface area contributed by atoms with Crippen LogP contribution in [0.3, 0.4) is 0 Å². The Morgan fingerprint density at radius 2 is 0.569 bits per heavy atom. The van der Waals surface area contributed by atoms with Crippen molar-refractivity contribution in [2.24, 2.45) is 70.5 Å². The molecule has 0 radical (unpaired) electrons. The van der Waals surface area contributed by atoms with Crippen molar-refractivity contribution in [1.29, 1.82) is 0 Å². The van der Waals surface area contributed by atoms with E-state index in [1.54, 1.807) is 80.3 Å². The molecule has 11 aromatic rings. The molecule has 10 heterocycles. The normalized spacial score (nSPS) is 11.1. The summed E-state index contributed by atoms with van der Waals surface area (Å²) >= 11 is 11.9. The number of nitrogens with one attached hydrogen (secondary N) is 15. The molecule has 48 heteroatoms. The summed E-state index contributed by atoms with van der Waals surface area (Å²) in [4.78, 5) is 218. The van der Waals surface area contributed by atoms with Gasteiger partial charge in [-0.1, -0.05) is 12.1 Å². The molecule has 11 rings (SSSR count). The number of anilines is 11. The Bertz CT molecular complexity index is 6320. The van der Waals surface area contributed by atoms with Crippen molar-refractivity contribution in [1.82, 2.24) is 97.1 Å². The second-order valence-corrected chi connectivity index (χ2v) is 33.3. The Balaban J connectivity index is 0.530. The number of hydrogen-bond donors (Lipinski definition) is 15. The van der Waals surface area contributed by atoms with Crippen LogP contribution in [0.1, 0.15) is 169 Å². The number of rotatable bonds is 47. The van der Waals surface area contributed by atoms with Crippen molar-refractivity contribution in [3.05, 3.63) is 186 Å². The number of halogens is 2. The lowest BCUT2D eigenvalue weighted by molar-refractivity contribution is -0.121. The van der Waals surface area contributed by atoms with E-state index in [1.165, 1.54) is 141 Å². The largest absolute Gasteiger partial charge is 0.369 e. The summed E-state index contributed by atoms with van der Waals surface area (Å²) < 4.78 is 14.7. The van der Waals surface area contributed by atoms with E-state index in [0.29, 0.717) is 54.8 Å². The van der Waals surface area contributed by atoms with Gasteiger partial charge in [-0.05, 0) is 106 Å². The van der Waals surface area contributed by atoms with Crippen LogP contribution >= 0.6 is 23.2 Å². The maximum absolute atomic E-state index is 13.6. The Labute approximate surface area is 796 Å².